The van der Waals surface area contributed by atoms with E-state index in [2.05, 4.69) is 26.0 Å². The first-order chi connectivity index (χ1) is 9.77. The molecule has 1 aliphatic rings. The van der Waals surface area contributed by atoms with Gasteiger partial charge in [0, 0.05) is 37.4 Å². The number of hydrogen-bond acceptors (Lipinski definition) is 2. The van der Waals surface area contributed by atoms with Crippen molar-refractivity contribution < 1.29 is 32.7 Å². The van der Waals surface area contributed by atoms with Crippen LogP contribution in [0.4, 0.5) is 0 Å². The molecular formula is C18H19OSY-. The molecule has 1 aromatic heterocycles. The monoisotopic (exact) mass is 372 g/mol. The minimum atomic E-state index is 0. The summed E-state index contributed by atoms with van der Waals surface area (Å²) in [6, 6.07) is 7.76. The van der Waals surface area contributed by atoms with Gasteiger partial charge in [-0.1, -0.05) is 49.4 Å². The van der Waals surface area contributed by atoms with E-state index in [0.717, 1.165) is 27.8 Å². The Bertz CT molecular complexity index is 698. The van der Waals surface area contributed by atoms with Crippen LogP contribution >= 0.6 is 11.3 Å². The maximum absolute atomic E-state index is 12.3. The summed E-state index contributed by atoms with van der Waals surface area (Å²) in [6.07, 6.45) is 12.5. The van der Waals surface area contributed by atoms with Crippen LogP contribution in [0.1, 0.15) is 43.6 Å². The van der Waals surface area contributed by atoms with E-state index >= 15 is 0 Å². The molecule has 0 bridgehead atoms. The summed E-state index contributed by atoms with van der Waals surface area (Å²) >= 11 is 1.66. The van der Waals surface area contributed by atoms with Gasteiger partial charge in [0.2, 0.25) is 0 Å². The molecule has 1 nitrogen and oxygen atoms in total. The largest absolute Gasteiger partial charge is 0.365 e. The quantitative estimate of drug-likeness (QED) is 0.582. The molecule has 1 heterocycles. The molecule has 107 valence electrons. The number of rotatable bonds is 0. The van der Waals surface area contributed by atoms with E-state index in [1.807, 2.05) is 36.4 Å². The van der Waals surface area contributed by atoms with Gasteiger partial charge in [0.15, 0.2) is 0 Å². The second-order valence-corrected chi connectivity index (χ2v) is 5.79. The van der Waals surface area contributed by atoms with Gasteiger partial charge in [-0.15, -0.1) is 17.7 Å². The third kappa shape index (κ3) is 4.70. The molecule has 1 aliphatic carbocycles. The van der Waals surface area contributed by atoms with Crippen LogP contribution in [-0.2, 0) is 32.7 Å². The van der Waals surface area contributed by atoms with Gasteiger partial charge in [0.05, 0.1) is 5.43 Å². The first-order valence-electron chi connectivity index (χ1n) is 7.08. The van der Waals surface area contributed by atoms with E-state index in [4.69, 9.17) is 0 Å². The predicted molar refractivity (Wildman–Crippen MR) is 89.2 cm³/mol. The van der Waals surface area contributed by atoms with Gasteiger partial charge >= 0.3 is 0 Å². The van der Waals surface area contributed by atoms with Crippen molar-refractivity contribution in [3.05, 3.63) is 63.2 Å². The molecule has 0 fully saturated rings. The van der Waals surface area contributed by atoms with Crippen LogP contribution in [-0.4, -0.2) is 0 Å². The summed E-state index contributed by atoms with van der Waals surface area (Å²) in [5, 5.41) is 0.797. The van der Waals surface area contributed by atoms with Crippen molar-refractivity contribution in [3.63, 3.8) is 0 Å². The van der Waals surface area contributed by atoms with Crippen LogP contribution in [0, 0.1) is 6.08 Å². The van der Waals surface area contributed by atoms with E-state index in [-0.39, 0.29) is 38.1 Å². The fourth-order valence-corrected chi connectivity index (χ4v) is 3.03. The van der Waals surface area contributed by atoms with Gasteiger partial charge in [-0.3, -0.25) is 0 Å². The van der Waals surface area contributed by atoms with Crippen LogP contribution in [0.5, 0.6) is 0 Å². The van der Waals surface area contributed by atoms with E-state index in [1.165, 1.54) is 6.42 Å². The second kappa shape index (κ2) is 9.45. The number of fused-ring (bicyclic) bond motifs is 2. The smallest absolute Gasteiger partial charge is 0.0813 e. The molecule has 0 aliphatic heterocycles. The molecule has 0 saturated heterocycles. The Morgan fingerprint density at radius 3 is 2.67 bits per heavy atom. The zero-order valence-corrected chi connectivity index (χ0v) is 16.2. The Labute approximate surface area is 155 Å². The summed E-state index contributed by atoms with van der Waals surface area (Å²) in [7, 11) is 0. The SMILES string of the molecule is CCC.O=c1c2c(sc3ccccc13)/C=C\CCC=[C-]2.[Y]. The van der Waals surface area contributed by atoms with Gasteiger partial charge in [-0.05, 0) is 24.3 Å². The molecule has 3 rings (SSSR count). The fourth-order valence-electron chi connectivity index (χ4n) is 1.96. The first kappa shape index (κ1) is 18.5. The number of benzene rings is 1. The van der Waals surface area contributed by atoms with E-state index < -0.39 is 0 Å². The van der Waals surface area contributed by atoms with Gasteiger partial charge in [-0.2, -0.15) is 6.08 Å². The molecule has 0 spiro atoms. The number of allylic oxidation sites excluding steroid dienone is 2. The van der Waals surface area contributed by atoms with Crippen molar-refractivity contribution in [2.45, 2.75) is 33.1 Å². The van der Waals surface area contributed by atoms with Crippen LogP contribution in [0.2, 0.25) is 0 Å². The molecule has 1 aromatic carbocycles. The van der Waals surface area contributed by atoms with Gasteiger partial charge in [-0.25, -0.2) is 11.3 Å². The van der Waals surface area contributed by atoms with Crippen molar-refractivity contribution >= 4 is 27.5 Å². The van der Waals surface area contributed by atoms with Gasteiger partial charge in [0.1, 0.15) is 0 Å². The summed E-state index contributed by atoms with van der Waals surface area (Å²) in [4.78, 5) is 13.3. The van der Waals surface area contributed by atoms with Crippen molar-refractivity contribution in [3.8, 4) is 0 Å². The Balaban J connectivity index is 0.000000510. The maximum Gasteiger partial charge on any atom is 0.0813 e. The van der Waals surface area contributed by atoms with E-state index in [9.17, 15) is 4.79 Å². The summed E-state index contributed by atoms with van der Waals surface area (Å²) in [5.41, 5.74) is 0.807. The van der Waals surface area contributed by atoms with Crippen LogP contribution in [0.3, 0.4) is 0 Å². The summed E-state index contributed by atoms with van der Waals surface area (Å²) in [5.74, 6) is 0. The maximum atomic E-state index is 12.3. The average molecular weight is 372 g/mol. The molecule has 0 unspecified atom stereocenters. The molecular weight excluding hydrogens is 353 g/mol. The van der Waals surface area contributed by atoms with E-state index in [1.54, 1.807) is 11.3 Å². The second-order valence-electron chi connectivity index (χ2n) is 4.70. The Morgan fingerprint density at radius 1 is 1.19 bits per heavy atom. The standard InChI is InChI=1S/C15H11OS.C3H8.Y/c16-15-11-7-3-1-2-4-9-13(11)17-14-10-6-5-8-12(14)15;1-3-2;/h3-6,8-10H,1-2H2;3H2,1-2H3;/q-1;;/b9-4-;;. The van der Waals surface area contributed by atoms with Crippen molar-refractivity contribution in [2.24, 2.45) is 0 Å². The molecule has 0 atom stereocenters. The molecule has 3 heteroatoms. The van der Waals surface area contributed by atoms with Crippen molar-refractivity contribution in [1.29, 1.82) is 0 Å². The van der Waals surface area contributed by atoms with Gasteiger partial charge < -0.3 is 4.79 Å². The topological polar surface area (TPSA) is 17.1 Å². The van der Waals surface area contributed by atoms with Crippen molar-refractivity contribution in [1.82, 2.24) is 0 Å². The normalized spacial score (nSPS) is 14.0. The average Bonchev–Trinajstić information content (AvgIpc) is 2.42. The Kier molecular flexibility index (Phi) is 8.32. The molecule has 0 saturated carbocycles. The third-order valence-electron chi connectivity index (χ3n) is 2.82. The first-order valence-corrected chi connectivity index (χ1v) is 7.90. The number of hydrogen-bond donors (Lipinski definition) is 0. The van der Waals surface area contributed by atoms with E-state index in [0.29, 0.717) is 5.56 Å². The minimum Gasteiger partial charge on any atom is -0.365 e. The molecule has 21 heavy (non-hydrogen) atoms. The molecule has 1 radical (unpaired) electrons. The van der Waals surface area contributed by atoms with Crippen LogP contribution < -0.4 is 5.43 Å². The summed E-state index contributed by atoms with van der Waals surface area (Å²) in [6.45, 7) is 4.25. The summed E-state index contributed by atoms with van der Waals surface area (Å²) < 4.78 is 1.04. The molecule has 0 N–H and O–H groups in total. The Morgan fingerprint density at radius 2 is 1.90 bits per heavy atom. The third-order valence-corrected chi connectivity index (χ3v) is 3.95. The predicted octanol–water partition coefficient (Wildman–Crippen LogP) is 5.19. The Hall–Kier alpha value is -0.566. The fraction of sp³-hybridized carbons (Fsp3) is 0.278. The molecule has 0 amide bonds. The minimum absolute atomic E-state index is 0. The van der Waals surface area contributed by atoms with Gasteiger partial charge in [0.25, 0.3) is 0 Å². The van der Waals surface area contributed by atoms with Crippen LogP contribution in [0.25, 0.3) is 16.2 Å². The zero-order valence-electron chi connectivity index (χ0n) is 12.6. The zero-order chi connectivity index (χ0) is 14.4. The van der Waals surface area contributed by atoms with Crippen LogP contribution in [0.15, 0.2) is 41.2 Å². The molecule has 2 aromatic rings. The van der Waals surface area contributed by atoms with Crippen molar-refractivity contribution in [2.75, 3.05) is 0 Å².